The summed E-state index contributed by atoms with van der Waals surface area (Å²) in [7, 11) is -0.977. The minimum Gasteiger partial charge on any atom is -0.337 e. The second-order valence-electron chi connectivity index (χ2n) is 4.27. The van der Waals surface area contributed by atoms with Gasteiger partial charge >= 0.3 is 6.03 Å². The van der Waals surface area contributed by atoms with Crippen LogP contribution in [0.25, 0.3) is 5.69 Å². The summed E-state index contributed by atoms with van der Waals surface area (Å²) in [6.45, 7) is 0.279. The number of nitrogens with zero attached hydrogens (tertiary/aromatic N) is 2. The number of halogens is 1. The Balaban J connectivity index is 2.10. The lowest BCUT2D eigenvalue weighted by Crippen LogP contribution is -2.32. The maximum Gasteiger partial charge on any atom is 0.319 e. The molecule has 0 fully saturated rings. The van der Waals surface area contributed by atoms with Crippen LogP contribution in [0.1, 0.15) is 0 Å². The summed E-state index contributed by atoms with van der Waals surface area (Å²) < 4.78 is 25.8. The number of aromatic nitrogens is 2. The van der Waals surface area contributed by atoms with E-state index >= 15 is 0 Å². The maximum atomic E-state index is 13.4. The molecule has 0 aliphatic carbocycles. The molecule has 6 nitrogen and oxygen atoms in total. The lowest BCUT2D eigenvalue weighted by Gasteiger charge is -2.12. The molecule has 0 bridgehead atoms. The quantitative estimate of drug-likeness (QED) is 0.879. The van der Waals surface area contributed by atoms with Crippen LogP contribution in [-0.4, -0.2) is 38.6 Å². The Morgan fingerprint density at radius 1 is 1.48 bits per heavy atom. The monoisotopic (exact) mass is 310 g/mol. The van der Waals surface area contributed by atoms with Gasteiger partial charge in [0, 0.05) is 41.7 Å². The van der Waals surface area contributed by atoms with E-state index in [1.54, 1.807) is 24.7 Å². The van der Waals surface area contributed by atoms with Crippen molar-refractivity contribution in [1.29, 1.82) is 0 Å². The van der Waals surface area contributed by atoms with Gasteiger partial charge in [0.1, 0.15) is 5.82 Å². The van der Waals surface area contributed by atoms with Crippen LogP contribution in [0.5, 0.6) is 0 Å². The number of urea groups is 1. The average Bonchev–Trinajstić information content (AvgIpc) is 2.92. The number of carbonyl (C=O) groups is 1. The van der Waals surface area contributed by atoms with E-state index in [4.69, 9.17) is 0 Å². The van der Waals surface area contributed by atoms with Gasteiger partial charge in [0.25, 0.3) is 0 Å². The number of carbonyl (C=O) groups excluding carboxylic acids is 1. The first-order chi connectivity index (χ1) is 10.1. The molecule has 1 aromatic carbocycles. The third-order valence-electron chi connectivity index (χ3n) is 2.63. The van der Waals surface area contributed by atoms with Gasteiger partial charge in [-0.05, 0) is 24.3 Å². The minimum atomic E-state index is -0.977. The van der Waals surface area contributed by atoms with Gasteiger partial charge in [-0.2, -0.15) is 5.10 Å². The molecule has 0 spiro atoms. The summed E-state index contributed by atoms with van der Waals surface area (Å²) in [6.07, 6.45) is 4.84. The molecular weight excluding hydrogens is 295 g/mol. The number of benzene rings is 1. The normalized spacial score (nSPS) is 11.9. The van der Waals surface area contributed by atoms with Crippen molar-refractivity contribution in [2.75, 3.05) is 23.9 Å². The molecule has 0 aliphatic rings. The summed E-state index contributed by atoms with van der Waals surface area (Å²) in [5.74, 6) is -0.0985. The number of nitrogens with one attached hydrogen (secondary N) is 2. The van der Waals surface area contributed by atoms with Crippen LogP contribution >= 0.6 is 0 Å². The highest BCUT2D eigenvalue weighted by Crippen LogP contribution is 2.20. The predicted molar refractivity (Wildman–Crippen MR) is 79.5 cm³/mol. The van der Waals surface area contributed by atoms with E-state index in [2.05, 4.69) is 15.7 Å². The first-order valence-electron chi connectivity index (χ1n) is 6.20. The number of hydrogen-bond acceptors (Lipinski definition) is 3. The summed E-state index contributed by atoms with van der Waals surface area (Å²) in [6, 6.07) is 5.28. The number of anilines is 1. The zero-order chi connectivity index (χ0) is 15.2. The van der Waals surface area contributed by atoms with Crippen LogP contribution in [0.4, 0.5) is 14.9 Å². The molecule has 112 valence electrons. The van der Waals surface area contributed by atoms with E-state index in [0.717, 1.165) is 0 Å². The van der Waals surface area contributed by atoms with Crippen LogP contribution < -0.4 is 10.6 Å². The van der Waals surface area contributed by atoms with Crippen LogP contribution in [0.15, 0.2) is 36.7 Å². The van der Waals surface area contributed by atoms with E-state index in [1.807, 2.05) is 0 Å². The van der Waals surface area contributed by atoms with Gasteiger partial charge in [0.15, 0.2) is 0 Å². The summed E-state index contributed by atoms with van der Waals surface area (Å²) in [4.78, 5) is 11.8. The summed E-state index contributed by atoms with van der Waals surface area (Å²) >= 11 is 0. The second-order valence-corrected chi connectivity index (χ2v) is 5.82. The van der Waals surface area contributed by atoms with Gasteiger partial charge in [-0.1, -0.05) is 0 Å². The van der Waals surface area contributed by atoms with Gasteiger partial charge in [0.2, 0.25) is 0 Å². The van der Waals surface area contributed by atoms with Gasteiger partial charge in [-0.3, -0.25) is 4.21 Å². The molecule has 0 radical (unpaired) electrons. The molecule has 1 heterocycles. The molecule has 8 heteroatoms. The van der Waals surface area contributed by atoms with Gasteiger partial charge in [-0.15, -0.1) is 0 Å². The fourth-order valence-electron chi connectivity index (χ4n) is 1.69. The highest BCUT2D eigenvalue weighted by Gasteiger charge is 2.10. The fraction of sp³-hybridized carbons (Fsp3) is 0.231. The number of amides is 2. The largest absolute Gasteiger partial charge is 0.337 e. The molecular formula is C13H15FN4O2S. The molecule has 1 atom stereocenters. The Kier molecular flexibility index (Phi) is 5.04. The Hall–Kier alpha value is -2.22. The predicted octanol–water partition coefficient (Wildman–Crippen LogP) is 1.51. The van der Waals surface area contributed by atoms with Crippen LogP contribution in [0, 0.1) is 5.82 Å². The van der Waals surface area contributed by atoms with E-state index in [1.165, 1.54) is 22.9 Å². The van der Waals surface area contributed by atoms with Crippen molar-refractivity contribution in [2.24, 2.45) is 0 Å². The first kappa shape index (κ1) is 15.2. The standard InChI is InChI=1S/C13H15FN4O2S/c1-21(20)8-6-15-13(19)17-11-9-10(14)3-4-12(11)18-7-2-5-16-18/h2-5,7,9H,6,8H2,1H3,(H2,15,17,19)/t21-/m0/s1. The SMILES string of the molecule is C[S@](=O)CCNC(=O)Nc1cc(F)ccc1-n1cccn1. The van der Waals surface area contributed by atoms with Gasteiger partial charge in [-0.25, -0.2) is 13.9 Å². The lowest BCUT2D eigenvalue weighted by atomic mass is 10.2. The molecule has 21 heavy (non-hydrogen) atoms. The number of hydrogen-bond donors (Lipinski definition) is 2. The van der Waals surface area contributed by atoms with Gasteiger partial charge in [0.05, 0.1) is 11.4 Å². The van der Waals surface area contributed by atoms with E-state index in [0.29, 0.717) is 17.1 Å². The highest BCUT2D eigenvalue weighted by atomic mass is 32.2. The molecule has 2 aromatic rings. The van der Waals surface area contributed by atoms with Crippen molar-refractivity contribution in [3.8, 4) is 5.69 Å². The highest BCUT2D eigenvalue weighted by molar-refractivity contribution is 7.84. The van der Waals surface area contributed by atoms with E-state index in [9.17, 15) is 13.4 Å². The van der Waals surface area contributed by atoms with Crippen molar-refractivity contribution in [3.63, 3.8) is 0 Å². The number of rotatable bonds is 5. The van der Waals surface area contributed by atoms with E-state index in [-0.39, 0.29) is 6.54 Å². The topological polar surface area (TPSA) is 76.0 Å². The Labute approximate surface area is 123 Å². The third-order valence-corrected chi connectivity index (χ3v) is 3.41. The first-order valence-corrected chi connectivity index (χ1v) is 7.93. The Morgan fingerprint density at radius 3 is 2.95 bits per heavy atom. The molecule has 0 unspecified atom stereocenters. The summed E-state index contributed by atoms with van der Waals surface area (Å²) in [5, 5.41) is 9.17. The third kappa shape index (κ3) is 4.38. The molecule has 0 aliphatic heterocycles. The van der Waals surface area contributed by atoms with E-state index < -0.39 is 22.6 Å². The zero-order valence-electron chi connectivity index (χ0n) is 11.4. The van der Waals surface area contributed by atoms with Crippen molar-refractivity contribution in [3.05, 3.63) is 42.5 Å². The molecule has 2 amide bonds. The summed E-state index contributed by atoms with van der Waals surface area (Å²) in [5.41, 5.74) is 0.851. The molecule has 0 saturated heterocycles. The van der Waals surface area contributed by atoms with Crippen molar-refractivity contribution < 1.29 is 13.4 Å². The second kappa shape index (κ2) is 6.98. The van der Waals surface area contributed by atoms with Crippen LogP contribution in [0.2, 0.25) is 0 Å². The van der Waals surface area contributed by atoms with Crippen LogP contribution in [0.3, 0.4) is 0 Å². The molecule has 2 rings (SSSR count). The van der Waals surface area contributed by atoms with Crippen molar-refractivity contribution in [2.45, 2.75) is 0 Å². The van der Waals surface area contributed by atoms with Crippen LogP contribution in [-0.2, 0) is 10.8 Å². The molecule has 1 aromatic heterocycles. The molecule has 0 saturated carbocycles. The lowest BCUT2D eigenvalue weighted by molar-refractivity contribution is 0.252. The maximum absolute atomic E-state index is 13.4. The smallest absolute Gasteiger partial charge is 0.319 e. The van der Waals surface area contributed by atoms with Gasteiger partial charge < -0.3 is 10.6 Å². The molecule has 2 N–H and O–H groups in total. The van der Waals surface area contributed by atoms with Crippen molar-refractivity contribution in [1.82, 2.24) is 15.1 Å². The minimum absolute atomic E-state index is 0.279. The van der Waals surface area contributed by atoms with Crippen molar-refractivity contribution >= 4 is 22.5 Å². The zero-order valence-corrected chi connectivity index (χ0v) is 12.2. The average molecular weight is 310 g/mol. The Morgan fingerprint density at radius 2 is 2.29 bits per heavy atom. The fourth-order valence-corrected chi connectivity index (χ4v) is 2.08. The Bertz CT molecular complexity index is 646.